The maximum Gasteiger partial charge on any atom is 0.295 e. The molecule has 0 spiro atoms. The molecule has 0 radical (unpaired) electrons. The number of aliphatic hydroxyl groups is 1. The van der Waals surface area contributed by atoms with Gasteiger partial charge in [-0.2, -0.15) is 0 Å². The van der Waals surface area contributed by atoms with Crippen LogP contribution in [0.1, 0.15) is 29.7 Å². The lowest BCUT2D eigenvalue weighted by Gasteiger charge is -2.26. The predicted octanol–water partition coefficient (Wildman–Crippen LogP) is 4.14. The van der Waals surface area contributed by atoms with Crippen molar-refractivity contribution < 1.29 is 19.4 Å². The van der Waals surface area contributed by atoms with Gasteiger partial charge in [0.05, 0.1) is 18.2 Å². The van der Waals surface area contributed by atoms with E-state index in [2.05, 4.69) is 15.9 Å². The Labute approximate surface area is 191 Å². The summed E-state index contributed by atoms with van der Waals surface area (Å²) in [4.78, 5) is 29.4. The number of halogens is 1. The summed E-state index contributed by atoms with van der Waals surface area (Å²) in [6.45, 7) is 5.32. The van der Waals surface area contributed by atoms with E-state index < -0.39 is 17.7 Å². The molecule has 31 heavy (non-hydrogen) atoms. The summed E-state index contributed by atoms with van der Waals surface area (Å²) < 4.78 is 6.42. The van der Waals surface area contributed by atoms with Crippen LogP contribution in [-0.4, -0.2) is 60.4 Å². The van der Waals surface area contributed by atoms with E-state index in [0.717, 1.165) is 15.6 Å². The third kappa shape index (κ3) is 4.83. The van der Waals surface area contributed by atoms with Crippen LogP contribution in [-0.2, 0) is 9.59 Å². The molecule has 2 aromatic carbocycles. The van der Waals surface area contributed by atoms with E-state index in [1.54, 1.807) is 12.1 Å². The first-order valence-electron chi connectivity index (χ1n) is 10.2. The van der Waals surface area contributed by atoms with Crippen molar-refractivity contribution in [2.75, 3.05) is 33.8 Å². The molecule has 1 atom stereocenters. The summed E-state index contributed by atoms with van der Waals surface area (Å²) in [7, 11) is 3.82. The van der Waals surface area contributed by atoms with Crippen LogP contribution < -0.4 is 4.74 Å². The minimum Gasteiger partial charge on any atom is -0.507 e. The molecule has 1 heterocycles. The van der Waals surface area contributed by atoms with E-state index in [9.17, 15) is 14.7 Å². The number of ketones is 1. The highest BCUT2D eigenvalue weighted by Crippen LogP contribution is 2.40. The maximum atomic E-state index is 13.0. The topological polar surface area (TPSA) is 70.1 Å². The Morgan fingerprint density at radius 3 is 2.42 bits per heavy atom. The summed E-state index contributed by atoms with van der Waals surface area (Å²) in [5, 5.41) is 11.1. The minimum absolute atomic E-state index is 0.106. The molecule has 1 aliphatic rings. The highest BCUT2D eigenvalue weighted by Gasteiger charge is 2.45. The molecule has 1 N–H and O–H groups in total. The number of amides is 1. The van der Waals surface area contributed by atoms with Gasteiger partial charge in [0, 0.05) is 23.1 Å². The van der Waals surface area contributed by atoms with E-state index in [4.69, 9.17) is 4.74 Å². The Balaban J connectivity index is 2.12. The normalized spacial score (nSPS) is 18.1. The lowest BCUT2D eigenvalue weighted by Crippen LogP contribution is -2.35. The quantitative estimate of drug-likeness (QED) is 0.361. The van der Waals surface area contributed by atoms with Crippen LogP contribution in [0.4, 0.5) is 0 Å². The van der Waals surface area contributed by atoms with Crippen molar-refractivity contribution in [3.8, 4) is 5.75 Å². The van der Waals surface area contributed by atoms with Gasteiger partial charge in [-0.15, -0.1) is 0 Å². The number of nitrogens with zero attached hydrogens (tertiary/aromatic N) is 2. The minimum atomic E-state index is -0.671. The molecule has 6 nitrogen and oxygen atoms in total. The number of carbonyl (C=O) groups is 2. The number of likely N-dealkylation sites (N-methyl/N-ethyl adjacent to an activating group) is 1. The fourth-order valence-electron chi connectivity index (χ4n) is 3.63. The average molecular weight is 487 g/mol. The van der Waals surface area contributed by atoms with Gasteiger partial charge in [-0.3, -0.25) is 9.59 Å². The maximum absolute atomic E-state index is 13.0. The fraction of sp³-hybridized carbons (Fsp3) is 0.333. The first-order valence-corrected chi connectivity index (χ1v) is 11.0. The molecule has 1 aliphatic heterocycles. The number of likely N-dealkylation sites (tertiary alicyclic amines) is 1. The molecule has 0 saturated carbocycles. The number of ether oxygens (including phenoxy) is 1. The van der Waals surface area contributed by atoms with Crippen LogP contribution in [0.15, 0.2) is 52.5 Å². The number of hydrogen-bond acceptors (Lipinski definition) is 5. The van der Waals surface area contributed by atoms with Gasteiger partial charge < -0.3 is 19.6 Å². The number of Topliss-reactive ketones (excluding diaryl/α,β-unsaturated/α-hetero) is 1. The molecule has 3 rings (SSSR count). The van der Waals surface area contributed by atoms with Gasteiger partial charge in [-0.1, -0.05) is 34.1 Å². The van der Waals surface area contributed by atoms with Crippen molar-refractivity contribution in [2.24, 2.45) is 0 Å². The van der Waals surface area contributed by atoms with Gasteiger partial charge in [-0.25, -0.2) is 0 Å². The largest absolute Gasteiger partial charge is 0.507 e. The predicted molar refractivity (Wildman–Crippen MR) is 124 cm³/mol. The Hall–Kier alpha value is -2.64. The Morgan fingerprint density at radius 2 is 1.84 bits per heavy atom. The van der Waals surface area contributed by atoms with Crippen LogP contribution in [0.25, 0.3) is 5.76 Å². The summed E-state index contributed by atoms with van der Waals surface area (Å²) in [5.74, 6) is -0.730. The van der Waals surface area contributed by atoms with Crippen molar-refractivity contribution in [3.05, 3.63) is 69.2 Å². The first kappa shape index (κ1) is 23.0. The van der Waals surface area contributed by atoms with Crippen LogP contribution in [0.3, 0.4) is 0 Å². The summed E-state index contributed by atoms with van der Waals surface area (Å²) in [6.07, 6.45) is 0. The van der Waals surface area contributed by atoms with Crippen molar-refractivity contribution >= 4 is 33.4 Å². The second kappa shape index (κ2) is 9.66. The molecule has 1 unspecified atom stereocenters. The zero-order valence-electron chi connectivity index (χ0n) is 18.2. The molecule has 7 heteroatoms. The Bertz CT molecular complexity index is 1010. The SMILES string of the molecule is CCOc1ccc(C2/C(=C(/O)c3ccc(Br)c(C)c3)C(=O)C(=O)N2CCN(C)C)cc1. The van der Waals surface area contributed by atoms with Crippen LogP contribution >= 0.6 is 15.9 Å². The molecule has 164 valence electrons. The van der Waals surface area contributed by atoms with E-state index in [0.29, 0.717) is 31.0 Å². The zero-order chi connectivity index (χ0) is 22.7. The van der Waals surface area contributed by atoms with Gasteiger partial charge in [0.2, 0.25) is 0 Å². The zero-order valence-corrected chi connectivity index (χ0v) is 19.8. The van der Waals surface area contributed by atoms with Gasteiger partial charge >= 0.3 is 0 Å². The van der Waals surface area contributed by atoms with Crippen molar-refractivity contribution in [1.82, 2.24) is 9.80 Å². The monoisotopic (exact) mass is 486 g/mol. The number of aryl methyl sites for hydroxylation is 1. The van der Waals surface area contributed by atoms with Gasteiger partial charge in [0.25, 0.3) is 11.7 Å². The second-order valence-electron chi connectivity index (χ2n) is 7.76. The van der Waals surface area contributed by atoms with E-state index >= 15 is 0 Å². The summed E-state index contributed by atoms with van der Waals surface area (Å²) in [5.41, 5.74) is 2.28. The molecule has 0 aromatic heterocycles. The number of aliphatic hydroxyl groups excluding tert-OH is 1. The average Bonchev–Trinajstić information content (AvgIpc) is 2.99. The molecular formula is C24H27BrN2O4. The van der Waals surface area contributed by atoms with Gasteiger partial charge in [0.15, 0.2) is 0 Å². The smallest absolute Gasteiger partial charge is 0.295 e. The molecular weight excluding hydrogens is 460 g/mol. The van der Waals surface area contributed by atoms with Crippen molar-refractivity contribution in [2.45, 2.75) is 19.9 Å². The third-order valence-corrected chi connectivity index (χ3v) is 6.16. The molecule has 1 saturated heterocycles. The number of rotatable bonds is 7. The van der Waals surface area contributed by atoms with Crippen LogP contribution in [0.5, 0.6) is 5.75 Å². The summed E-state index contributed by atoms with van der Waals surface area (Å²) in [6, 6.07) is 12.0. The van der Waals surface area contributed by atoms with Gasteiger partial charge in [0.1, 0.15) is 11.5 Å². The van der Waals surface area contributed by atoms with E-state index in [-0.39, 0.29) is 11.3 Å². The first-order chi connectivity index (χ1) is 14.7. The number of carbonyl (C=O) groups excluding carboxylic acids is 2. The third-order valence-electron chi connectivity index (χ3n) is 5.27. The molecule has 1 fully saturated rings. The Morgan fingerprint density at radius 1 is 1.16 bits per heavy atom. The van der Waals surface area contributed by atoms with E-state index in [1.165, 1.54) is 4.90 Å². The fourth-order valence-corrected chi connectivity index (χ4v) is 3.87. The van der Waals surface area contributed by atoms with Crippen LogP contribution in [0.2, 0.25) is 0 Å². The molecule has 1 amide bonds. The molecule has 2 aromatic rings. The van der Waals surface area contributed by atoms with E-state index in [1.807, 2.05) is 63.2 Å². The molecule has 0 aliphatic carbocycles. The lowest BCUT2D eigenvalue weighted by molar-refractivity contribution is -0.140. The highest BCUT2D eigenvalue weighted by molar-refractivity contribution is 9.10. The summed E-state index contributed by atoms with van der Waals surface area (Å²) >= 11 is 3.45. The second-order valence-corrected chi connectivity index (χ2v) is 8.62. The van der Waals surface area contributed by atoms with Crippen LogP contribution in [0, 0.1) is 6.92 Å². The van der Waals surface area contributed by atoms with Gasteiger partial charge in [-0.05, 0) is 63.3 Å². The van der Waals surface area contributed by atoms with Crippen molar-refractivity contribution in [3.63, 3.8) is 0 Å². The Kier molecular flexibility index (Phi) is 7.18. The highest BCUT2D eigenvalue weighted by atomic mass is 79.9. The number of hydrogen-bond donors (Lipinski definition) is 1. The number of benzene rings is 2. The molecule has 0 bridgehead atoms. The standard InChI is InChI=1S/C24H27BrN2O4/c1-5-31-18-9-6-16(7-10-18)21-20(22(28)17-8-11-19(25)15(2)14-17)23(29)24(30)27(21)13-12-26(3)4/h6-11,14,21,28H,5,12-13H2,1-4H3/b22-20-. The van der Waals surface area contributed by atoms with Crippen molar-refractivity contribution in [1.29, 1.82) is 0 Å². The lowest BCUT2D eigenvalue weighted by atomic mass is 9.95.